The molecule has 0 radical (unpaired) electrons. The van der Waals surface area contributed by atoms with Gasteiger partial charge >= 0.3 is 0 Å². The number of hydrogen-bond acceptors (Lipinski definition) is 2. The lowest BCUT2D eigenvalue weighted by Crippen LogP contribution is -1.86. The van der Waals surface area contributed by atoms with Crippen LogP contribution in [0.3, 0.4) is 0 Å². The van der Waals surface area contributed by atoms with Gasteiger partial charge in [0.25, 0.3) is 0 Å². The van der Waals surface area contributed by atoms with Gasteiger partial charge in [0, 0.05) is 11.8 Å². The molecule has 84 valence electrons. The van der Waals surface area contributed by atoms with Gasteiger partial charge in [-0.2, -0.15) is 0 Å². The summed E-state index contributed by atoms with van der Waals surface area (Å²) >= 11 is 3.40. The quantitative estimate of drug-likeness (QED) is 0.689. The van der Waals surface area contributed by atoms with E-state index in [-0.39, 0.29) is 5.82 Å². The summed E-state index contributed by atoms with van der Waals surface area (Å²) in [5.74, 6) is 0.219. The summed E-state index contributed by atoms with van der Waals surface area (Å²) in [5.41, 5.74) is 1.38. The Morgan fingerprint density at radius 1 is 1.18 bits per heavy atom. The van der Waals surface area contributed by atoms with Gasteiger partial charge < -0.3 is 0 Å². The van der Waals surface area contributed by atoms with Crippen molar-refractivity contribution in [3.8, 4) is 11.4 Å². The highest BCUT2D eigenvalue weighted by Gasteiger charge is 2.08. The van der Waals surface area contributed by atoms with E-state index in [1.54, 1.807) is 22.8 Å². The molecule has 0 atom stereocenters. The zero-order chi connectivity index (χ0) is 11.8. The maximum absolute atomic E-state index is 13.1. The van der Waals surface area contributed by atoms with Crippen LogP contribution in [-0.4, -0.2) is 14.6 Å². The molecule has 0 aliphatic rings. The van der Waals surface area contributed by atoms with E-state index in [0.29, 0.717) is 17.0 Å². The molecular weight excluding hydrogens is 285 g/mol. The smallest absolute Gasteiger partial charge is 0.182 e. The Bertz CT molecular complexity index is 693. The standard InChI is InChI=1S/C12H7BrFN3/c13-10-5-2-6-17-12(10)15-11(16-17)8-3-1-4-9(14)7-8/h1-7H. The zero-order valence-corrected chi connectivity index (χ0v) is 10.2. The molecule has 3 nitrogen and oxygen atoms in total. The van der Waals surface area contributed by atoms with Crippen molar-refractivity contribution < 1.29 is 4.39 Å². The molecule has 0 saturated carbocycles. The Labute approximate surface area is 105 Å². The first kappa shape index (κ1) is 10.4. The van der Waals surface area contributed by atoms with Crippen LogP contribution >= 0.6 is 15.9 Å². The van der Waals surface area contributed by atoms with Gasteiger partial charge in [-0.1, -0.05) is 12.1 Å². The molecule has 0 amide bonds. The first-order valence-electron chi connectivity index (χ1n) is 5.01. The molecule has 0 spiro atoms. The molecular formula is C12H7BrFN3. The highest BCUT2D eigenvalue weighted by molar-refractivity contribution is 9.10. The topological polar surface area (TPSA) is 30.2 Å². The van der Waals surface area contributed by atoms with Crippen molar-refractivity contribution >= 4 is 21.6 Å². The summed E-state index contributed by atoms with van der Waals surface area (Å²) < 4.78 is 15.6. The average Bonchev–Trinajstić information content (AvgIpc) is 2.74. The second-order valence-corrected chi connectivity index (χ2v) is 4.42. The molecule has 0 unspecified atom stereocenters. The maximum atomic E-state index is 13.1. The van der Waals surface area contributed by atoms with Crippen molar-refractivity contribution in [2.45, 2.75) is 0 Å². The number of rotatable bonds is 1. The molecule has 0 aliphatic heterocycles. The molecule has 2 aromatic heterocycles. The van der Waals surface area contributed by atoms with Crippen molar-refractivity contribution in [2.75, 3.05) is 0 Å². The third-order valence-electron chi connectivity index (χ3n) is 2.40. The largest absolute Gasteiger partial charge is 0.219 e. The van der Waals surface area contributed by atoms with Crippen molar-refractivity contribution in [3.05, 3.63) is 52.9 Å². The van der Waals surface area contributed by atoms with E-state index in [9.17, 15) is 4.39 Å². The van der Waals surface area contributed by atoms with E-state index in [4.69, 9.17) is 0 Å². The third-order valence-corrected chi connectivity index (χ3v) is 3.02. The molecule has 3 rings (SSSR count). The normalized spacial score (nSPS) is 10.9. The zero-order valence-electron chi connectivity index (χ0n) is 8.64. The fraction of sp³-hybridized carbons (Fsp3) is 0. The minimum Gasteiger partial charge on any atom is -0.219 e. The molecule has 0 aliphatic carbocycles. The van der Waals surface area contributed by atoms with Gasteiger partial charge in [-0.15, -0.1) is 5.10 Å². The lowest BCUT2D eigenvalue weighted by Gasteiger charge is -1.93. The van der Waals surface area contributed by atoms with Gasteiger partial charge in [0.1, 0.15) is 5.82 Å². The fourth-order valence-corrected chi connectivity index (χ4v) is 2.05. The number of fused-ring (bicyclic) bond motifs is 1. The van der Waals surface area contributed by atoms with Crippen LogP contribution in [0.15, 0.2) is 47.1 Å². The van der Waals surface area contributed by atoms with E-state index >= 15 is 0 Å². The summed E-state index contributed by atoms with van der Waals surface area (Å²) in [7, 11) is 0. The van der Waals surface area contributed by atoms with Gasteiger partial charge in [0.05, 0.1) is 4.47 Å². The summed E-state index contributed by atoms with van der Waals surface area (Å²) in [5, 5.41) is 4.29. The molecule has 5 heteroatoms. The summed E-state index contributed by atoms with van der Waals surface area (Å²) in [6.07, 6.45) is 1.80. The van der Waals surface area contributed by atoms with Gasteiger partial charge in [-0.25, -0.2) is 13.9 Å². The number of hydrogen-bond donors (Lipinski definition) is 0. The first-order chi connectivity index (χ1) is 8.24. The predicted octanol–water partition coefficient (Wildman–Crippen LogP) is 3.30. The van der Waals surface area contributed by atoms with Crippen LogP contribution in [0.2, 0.25) is 0 Å². The second-order valence-electron chi connectivity index (χ2n) is 3.57. The van der Waals surface area contributed by atoms with E-state index in [1.807, 2.05) is 12.1 Å². The Kier molecular flexibility index (Phi) is 2.40. The van der Waals surface area contributed by atoms with Crippen LogP contribution in [0, 0.1) is 5.82 Å². The van der Waals surface area contributed by atoms with E-state index in [1.165, 1.54) is 12.1 Å². The Morgan fingerprint density at radius 3 is 2.82 bits per heavy atom. The highest BCUT2D eigenvalue weighted by atomic mass is 79.9. The summed E-state index contributed by atoms with van der Waals surface area (Å²) in [4.78, 5) is 4.36. The number of aromatic nitrogens is 3. The van der Waals surface area contributed by atoms with E-state index in [2.05, 4.69) is 26.0 Å². The minimum absolute atomic E-state index is 0.291. The van der Waals surface area contributed by atoms with Crippen LogP contribution in [0.25, 0.3) is 17.0 Å². The molecule has 17 heavy (non-hydrogen) atoms. The van der Waals surface area contributed by atoms with Crippen molar-refractivity contribution in [3.63, 3.8) is 0 Å². The van der Waals surface area contributed by atoms with Gasteiger partial charge in [0.2, 0.25) is 0 Å². The number of nitrogens with zero attached hydrogens (tertiary/aromatic N) is 3. The van der Waals surface area contributed by atoms with Crippen LogP contribution in [-0.2, 0) is 0 Å². The minimum atomic E-state index is -0.291. The second kappa shape index (κ2) is 3.92. The molecule has 2 heterocycles. The number of halogens is 2. The molecule has 0 fully saturated rings. The van der Waals surface area contributed by atoms with Crippen molar-refractivity contribution in [1.29, 1.82) is 0 Å². The molecule has 0 bridgehead atoms. The SMILES string of the molecule is Fc1cccc(-c2nc3c(Br)cccn3n2)c1. The molecule has 0 N–H and O–H groups in total. The monoisotopic (exact) mass is 291 g/mol. The predicted molar refractivity (Wildman–Crippen MR) is 66.1 cm³/mol. The fourth-order valence-electron chi connectivity index (χ4n) is 1.62. The number of benzene rings is 1. The van der Waals surface area contributed by atoms with Crippen LogP contribution in [0.1, 0.15) is 0 Å². The number of pyridine rings is 1. The Balaban J connectivity index is 2.22. The van der Waals surface area contributed by atoms with Gasteiger partial charge in [-0.3, -0.25) is 0 Å². The van der Waals surface area contributed by atoms with Crippen molar-refractivity contribution in [2.24, 2.45) is 0 Å². The van der Waals surface area contributed by atoms with Crippen LogP contribution < -0.4 is 0 Å². The molecule has 3 aromatic rings. The van der Waals surface area contributed by atoms with Crippen molar-refractivity contribution in [1.82, 2.24) is 14.6 Å². The summed E-state index contributed by atoms with van der Waals surface area (Å²) in [6.45, 7) is 0. The average molecular weight is 292 g/mol. The highest BCUT2D eigenvalue weighted by Crippen LogP contribution is 2.21. The van der Waals surface area contributed by atoms with E-state index < -0.39 is 0 Å². The Hall–Kier alpha value is -1.75. The van der Waals surface area contributed by atoms with Crippen LogP contribution in [0.5, 0.6) is 0 Å². The van der Waals surface area contributed by atoms with E-state index in [0.717, 1.165) is 4.47 Å². The lowest BCUT2D eigenvalue weighted by molar-refractivity contribution is 0.628. The maximum Gasteiger partial charge on any atom is 0.182 e. The Morgan fingerprint density at radius 2 is 2.06 bits per heavy atom. The molecule has 0 saturated heterocycles. The van der Waals surface area contributed by atoms with Crippen LogP contribution in [0.4, 0.5) is 4.39 Å². The third kappa shape index (κ3) is 1.82. The lowest BCUT2D eigenvalue weighted by atomic mass is 10.2. The van der Waals surface area contributed by atoms with Gasteiger partial charge in [0.15, 0.2) is 11.5 Å². The first-order valence-corrected chi connectivity index (χ1v) is 5.80. The summed E-state index contributed by atoms with van der Waals surface area (Å²) in [6, 6.07) is 10.00. The van der Waals surface area contributed by atoms with Gasteiger partial charge in [-0.05, 0) is 40.2 Å². The molecule has 1 aromatic carbocycles.